The summed E-state index contributed by atoms with van der Waals surface area (Å²) < 4.78 is 11.4. The van der Waals surface area contributed by atoms with Crippen molar-refractivity contribution in [3.63, 3.8) is 0 Å². The van der Waals surface area contributed by atoms with Gasteiger partial charge in [-0.25, -0.2) is 0 Å². The molecule has 0 amide bonds. The van der Waals surface area contributed by atoms with E-state index in [1.807, 2.05) is 0 Å². The molecule has 2 aliphatic heterocycles. The highest BCUT2D eigenvalue weighted by Crippen LogP contribution is 2.33. The van der Waals surface area contributed by atoms with E-state index in [-0.39, 0.29) is 5.41 Å². The summed E-state index contributed by atoms with van der Waals surface area (Å²) in [4.78, 5) is 0. The Hall–Kier alpha value is -1.06. The first-order valence-corrected chi connectivity index (χ1v) is 7.27. The highest BCUT2D eigenvalue weighted by atomic mass is 16.5. The van der Waals surface area contributed by atoms with Crippen LogP contribution in [0, 0.1) is 5.41 Å². The van der Waals surface area contributed by atoms with Crippen molar-refractivity contribution in [2.24, 2.45) is 5.41 Å². The Balaban J connectivity index is 1.69. The number of piperidine rings is 1. The molecule has 0 radical (unpaired) electrons. The first-order valence-electron chi connectivity index (χ1n) is 7.27. The normalized spacial score (nSPS) is 25.6. The molecule has 1 atom stereocenters. The van der Waals surface area contributed by atoms with E-state index in [0.717, 1.165) is 38.7 Å². The summed E-state index contributed by atoms with van der Waals surface area (Å²) in [6.45, 7) is 6.83. The van der Waals surface area contributed by atoms with Crippen molar-refractivity contribution in [1.29, 1.82) is 0 Å². The van der Waals surface area contributed by atoms with Gasteiger partial charge in [-0.1, -0.05) is 25.1 Å². The van der Waals surface area contributed by atoms with Crippen molar-refractivity contribution in [3.8, 4) is 5.75 Å². The van der Waals surface area contributed by atoms with Crippen LogP contribution in [0.1, 0.15) is 31.2 Å². The van der Waals surface area contributed by atoms with E-state index in [4.69, 9.17) is 9.47 Å². The molecule has 3 nitrogen and oxygen atoms in total. The summed E-state index contributed by atoms with van der Waals surface area (Å²) in [7, 11) is 0. The lowest BCUT2D eigenvalue weighted by molar-refractivity contribution is -0.120. The van der Waals surface area contributed by atoms with Gasteiger partial charge in [0.15, 0.2) is 0 Å². The van der Waals surface area contributed by atoms with Gasteiger partial charge in [0.1, 0.15) is 5.75 Å². The Bertz CT molecular complexity index is 423. The van der Waals surface area contributed by atoms with Gasteiger partial charge < -0.3 is 14.8 Å². The smallest absolute Gasteiger partial charge is 0.122 e. The molecule has 1 unspecified atom stereocenters. The van der Waals surface area contributed by atoms with E-state index in [9.17, 15) is 0 Å². The molecule has 0 spiro atoms. The molecule has 2 aliphatic rings. The molecule has 2 fully saturated rings. The van der Waals surface area contributed by atoms with Gasteiger partial charge in [-0.2, -0.15) is 0 Å². The molecule has 0 saturated carbocycles. The van der Waals surface area contributed by atoms with E-state index in [1.165, 1.54) is 18.4 Å². The molecule has 3 rings (SSSR count). The zero-order valence-corrected chi connectivity index (χ0v) is 11.7. The number of hydrogen-bond donors (Lipinski definition) is 1. The van der Waals surface area contributed by atoms with Crippen molar-refractivity contribution in [3.05, 3.63) is 29.8 Å². The molecule has 3 heteroatoms. The summed E-state index contributed by atoms with van der Waals surface area (Å²) in [6.07, 6.45) is 2.51. The van der Waals surface area contributed by atoms with Gasteiger partial charge in [0.25, 0.3) is 0 Å². The highest BCUT2D eigenvalue weighted by molar-refractivity contribution is 5.36. The number of ether oxygens (including phenoxy) is 2. The van der Waals surface area contributed by atoms with Crippen molar-refractivity contribution < 1.29 is 9.47 Å². The molecule has 2 heterocycles. The van der Waals surface area contributed by atoms with Crippen LogP contribution in [0.15, 0.2) is 24.3 Å². The first kappa shape index (κ1) is 12.9. The third-order valence-corrected chi connectivity index (χ3v) is 4.13. The molecule has 0 aromatic heterocycles. The zero-order valence-electron chi connectivity index (χ0n) is 11.7. The molecule has 1 N–H and O–H groups in total. The van der Waals surface area contributed by atoms with Crippen LogP contribution in [-0.4, -0.2) is 32.9 Å². The van der Waals surface area contributed by atoms with E-state index >= 15 is 0 Å². The molecule has 2 saturated heterocycles. The third-order valence-electron chi connectivity index (χ3n) is 4.13. The molecule has 1 aromatic rings. The van der Waals surface area contributed by atoms with Gasteiger partial charge in [0, 0.05) is 17.9 Å². The van der Waals surface area contributed by atoms with Crippen LogP contribution in [-0.2, 0) is 4.74 Å². The number of para-hydroxylation sites is 1. The van der Waals surface area contributed by atoms with Crippen LogP contribution >= 0.6 is 0 Å². The lowest BCUT2D eigenvalue weighted by Gasteiger charge is -2.38. The Kier molecular flexibility index (Phi) is 3.76. The monoisotopic (exact) mass is 261 g/mol. The van der Waals surface area contributed by atoms with Gasteiger partial charge in [0.05, 0.1) is 19.8 Å². The largest absolute Gasteiger partial charge is 0.493 e. The maximum absolute atomic E-state index is 6.09. The molecule has 1 aromatic carbocycles. The fourth-order valence-corrected chi connectivity index (χ4v) is 2.85. The Morgan fingerprint density at radius 3 is 2.89 bits per heavy atom. The predicted octanol–water partition coefficient (Wildman–Crippen LogP) is 2.57. The molecule has 19 heavy (non-hydrogen) atoms. The first-order chi connectivity index (χ1) is 9.27. The summed E-state index contributed by atoms with van der Waals surface area (Å²) in [5.41, 5.74) is 1.57. The topological polar surface area (TPSA) is 30.5 Å². The Labute approximate surface area is 115 Å². The van der Waals surface area contributed by atoms with Gasteiger partial charge in [-0.05, 0) is 31.0 Å². The standard InChI is InChI=1S/C16H23NO2/c1-16(10-18-11-16)12-19-15-7-3-2-6-14(15)13-5-4-8-17-9-13/h2-3,6-7,13,17H,4-5,8-12H2,1H3. The lowest BCUT2D eigenvalue weighted by atomic mass is 9.89. The third kappa shape index (κ3) is 2.93. The van der Waals surface area contributed by atoms with Gasteiger partial charge in [-0.3, -0.25) is 0 Å². The van der Waals surface area contributed by atoms with Crippen LogP contribution in [0.4, 0.5) is 0 Å². The second-order valence-electron chi connectivity index (χ2n) is 6.17. The Morgan fingerprint density at radius 2 is 2.21 bits per heavy atom. The number of nitrogens with one attached hydrogen (secondary N) is 1. The molecule has 0 bridgehead atoms. The molecule has 104 valence electrons. The minimum atomic E-state index is 0.206. The maximum Gasteiger partial charge on any atom is 0.122 e. The second kappa shape index (κ2) is 5.51. The fraction of sp³-hybridized carbons (Fsp3) is 0.625. The number of hydrogen-bond acceptors (Lipinski definition) is 3. The van der Waals surface area contributed by atoms with E-state index in [2.05, 4.69) is 36.5 Å². The molecule has 0 aliphatic carbocycles. The van der Waals surface area contributed by atoms with Crippen LogP contribution < -0.4 is 10.1 Å². The lowest BCUT2D eigenvalue weighted by Crippen LogP contribution is -2.44. The minimum absolute atomic E-state index is 0.206. The second-order valence-corrected chi connectivity index (χ2v) is 6.17. The van der Waals surface area contributed by atoms with Crippen molar-refractivity contribution in [1.82, 2.24) is 5.32 Å². The predicted molar refractivity (Wildman–Crippen MR) is 75.7 cm³/mol. The van der Waals surface area contributed by atoms with E-state index in [1.54, 1.807) is 0 Å². The highest BCUT2D eigenvalue weighted by Gasteiger charge is 2.34. The van der Waals surface area contributed by atoms with Crippen LogP contribution in [0.5, 0.6) is 5.75 Å². The maximum atomic E-state index is 6.09. The van der Waals surface area contributed by atoms with E-state index in [0.29, 0.717) is 5.92 Å². The fourth-order valence-electron chi connectivity index (χ4n) is 2.85. The summed E-state index contributed by atoms with van der Waals surface area (Å²) >= 11 is 0. The SMILES string of the molecule is CC1(COc2ccccc2C2CCCNC2)COC1. The number of benzene rings is 1. The Morgan fingerprint density at radius 1 is 1.37 bits per heavy atom. The zero-order chi connectivity index (χ0) is 13.1. The van der Waals surface area contributed by atoms with Crippen molar-refractivity contribution in [2.75, 3.05) is 32.9 Å². The number of rotatable bonds is 4. The average molecular weight is 261 g/mol. The van der Waals surface area contributed by atoms with Crippen LogP contribution in [0.2, 0.25) is 0 Å². The summed E-state index contributed by atoms with van der Waals surface area (Å²) in [5, 5.41) is 3.48. The van der Waals surface area contributed by atoms with Gasteiger partial charge in [-0.15, -0.1) is 0 Å². The van der Waals surface area contributed by atoms with Gasteiger partial charge in [0.2, 0.25) is 0 Å². The molecular formula is C16H23NO2. The van der Waals surface area contributed by atoms with Gasteiger partial charge >= 0.3 is 0 Å². The van der Waals surface area contributed by atoms with Crippen molar-refractivity contribution >= 4 is 0 Å². The summed E-state index contributed by atoms with van der Waals surface area (Å²) in [5.74, 6) is 1.65. The molecular weight excluding hydrogens is 238 g/mol. The van der Waals surface area contributed by atoms with Crippen molar-refractivity contribution in [2.45, 2.75) is 25.7 Å². The van der Waals surface area contributed by atoms with E-state index < -0.39 is 0 Å². The van der Waals surface area contributed by atoms with Crippen LogP contribution in [0.3, 0.4) is 0 Å². The average Bonchev–Trinajstić information content (AvgIpc) is 2.44. The quantitative estimate of drug-likeness (QED) is 0.903. The summed E-state index contributed by atoms with van der Waals surface area (Å²) in [6, 6.07) is 8.50. The minimum Gasteiger partial charge on any atom is -0.493 e. The van der Waals surface area contributed by atoms with Crippen LogP contribution in [0.25, 0.3) is 0 Å².